The zero-order chi connectivity index (χ0) is 11.4. The fraction of sp³-hybridized carbons (Fsp3) is 0.538. The normalized spacial score (nSPS) is 15.4. The van der Waals surface area contributed by atoms with E-state index in [0.717, 1.165) is 29.7 Å². The first-order valence-electron chi connectivity index (χ1n) is 5.92. The van der Waals surface area contributed by atoms with E-state index in [-0.39, 0.29) is 0 Å². The van der Waals surface area contributed by atoms with Crippen LogP contribution in [-0.4, -0.2) is 31.6 Å². The number of nitrogens with one attached hydrogen (secondary N) is 1. The molecule has 3 heteroatoms. The van der Waals surface area contributed by atoms with Crippen molar-refractivity contribution in [1.29, 1.82) is 0 Å². The lowest BCUT2D eigenvalue weighted by Gasteiger charge is -2.17. The van der Waals surface area contributed by atoms with Crippen LogP contribution in [0.15, 0.2) is 24.3 Å². The zero-order valence-corrected chi connectivity index (χ0v) is 10.5. The second-order valence-electron chi connectivity index (χ2n) is 4.61. The molecular formula is C13H19ClN2. The standard InChI is InChI=1S/C13H19ClN2/c1-16(10-11-6-7-11)9-8-15-13-5-3-2-4-12(13)14/h2-5,11,15H,6-10H2,1H3. The third-order valence-corrected chi connectivity index (χ3v) is 3.28. The molecule has 1 aromatic rings. The Morgan fingerprint density at radius 2 is 2.12 bits per heavy atom. The van der Waals surface area contributed by atoms with Gasteiger partial charge in [0.05, 0.1) is 10.7 Å². The van der Waals surface area contributed by atoms with E-state index < -0.39 is 0 Å². The molecule has 0 heterocycles. The van der Waals surface area contributed by atoms with Crippen molar-refractivity contribution in [1.82, 2.24) is 4.90 Å². The van der Waals surface area contributed by atoms with E-state index in [1.54, 1.807) is 0 Å². The zero-order valence-electron chi connectivity index (χ0n) is 9.75. The summed E-state index contributed by atoms with van der Waals surface area (Å²) in [5, 5.41) is 4.16. The number of hydrogen-bond donors (Lipinski definition) is 1. The molecule has 1 aromatic carbocycles. The van der Waals surface area contributed by atoms with Gasteiger partial charge >= 0.3 is 0 Å². The maximum atomic E-state index is 6.06. The number of rotatable bonds is 6. The number of benzene rings is 1. The van der Waals surface area contributed by atoms with Crippen LogP contribution < -0.4 is 5.32 Å². The molecule has 0 amide bonds. The smallest absolute Gasteiger partial charge is 0.0637 e. The number of nitrogens with zero attached hydrogens (tertiary/aromatic N) is 1. The van der Waals surface area contributed by atoms with Crippen LogP contribution in [0, 0.1) is 5.92 Å². The van der Waals surface area contributed by atoms with Gasteiger partial charge in [-0.1, -0.05) is 23.7 Å². The fourth-order valence-corrected chi connectivity index (χ4v) is 2.02. The molecule has 1 aliphatic rings. The van der Waals surface area contributed by atoms with E-state index in [1.807, 2.05) is 24.3 Å². The molecule has 0 aliphatic heterocycles. The van der Waals surface area contributed by atoms with Gasteiger partial charge in [0.25, 0.3) is 0 Å². The van der Waals surface area contributed by atoms with Gasteiger partial charge in [-0.05, 0) is 37.9 Å². The van der Waals surface area contributed by atoms with Crippen molar-refractivity contribution in [3.63, 3.8) is 0 Å². The van der Waals surface area contributed by atoms with E-state index in [0.29, 0.717) is 0 Å². The number of anilines is 1. The van der Waals surface area contributed by atoms with Gasteiger partial charge < -0.3 is 10.2 Å². The lowest BCUT2D eigenvalue weighted by atomic mass is 10.3. The van der Waals surface area contributed by atoms with Crippen LogP contribution in [0.5, 0.6) is 0 Å². The Morgan fingerprint density at radius 1 is 1.38 bits per heavy atom. The van der Waals surface area contributed by atoms with Crippen LogP contribution in [-0.2, 0) is 0 Å². The van der Waals surface area contributed by atoms with Gasteiger partial charge in [-0.3, -0.25) is 0 Å². The minimum atomic E-state index is 0.798. The second kappa shape index (κ2) is 5.55. The van der Waals surface area contributed by atoms with Crippen molar-refractivity contribution < 1.29 is 0 Å². The molecule has 1 saturated carbocycles. The molecule has 88 valence electrons. The molecule has 1 fully saturated rings. The number of likely N-dealkylation sites (N-methyl/N-ethyl adjacent to an activating group) is 1. The highest BCUT2D eigenvalue weighted by Crippen LogP contribution is 2.29. The molecule has 0 spiro atoms. The monoisotopic (exact) mass is 238 g/mol. The molecule has 0 saturated heterocycles. The highest BCUT2D eigenvalue weighted by molar-refractivity contribution is 6.33. The van der Waals surface area contributed by atoms with Gasteiger partial charge in [-0.15, -0.1) is 0 Å². The largest absolute Gasteiger partial charge is 0.383 e. The van der Waals surface area contributed by atoms with Crippen LogP contribution in [0.25, 0.3) is 0 Å². The van der Waals surface area contributed by atoms with Gasteiger partial charge in [0.2, 0.25) is 0 Å². The van der Waals surface area contributed by atoms with Gasteiger partial charge in [0, 0.05) is 19.6 Å². The summed E-state index contributed by atoms with van der Waals surface area (Å²) in [7, 11) is 2.19. The predicted octanol–water partition coefficient (Wildman–Crippen LogP) is 3.09. The Balaban J connectivity index is 1.68. The second-order valence-corrected chi connectivity index (χ2v) is 5.02. The third-order valence-electron chi connectivity index (χ3n) is 2.95. The molecule has 0 aromatic heterocycles. The molecule has 0 unspecified atom stereocenters. The summed E-state index contributed by atoms with van der Waals surface area (Å²) in [4.78, 5) is 2.39. The maximum Gasteiger partial charge on any atom is 0.0637 e. The Bertz CT molecular complexity index is 336. The summed E-state index contributed by atoms with van der Waals surface area (Å²) in [6.45, 7) is 3.26. The average molecular weight is 239 g/mol. The van der Waals surface area contributed by atoms with Crippen molar-refractivity contribution in [3.8, 4) is 0 Å². The number of para-hydroxylation sites is 1. The summed E-state index contributed by atoms with van der Waals surface area (Å²) in [5.74, 6) is 0.963. The average Bonchev–Trinajstić information content (AvgIpc) is 3.05. The van der Waals surface area contributed by atoms with Crippen LogP contribution >= 0.6 is 11.6 Å². The summed E-state index contributed by atoms with van der Waals surface area (Å²) >= 11 is 6.06. The SMILES string of the molecule is CN(CCNc1ccccc1Cl)CC1CC1. The van der Waals surface area contributed by atoms with Crippen LogP contribution in [0.3, 0.4) is 0 Å². The molecule has 0 atom stereocenters. The molecule has 16 heavy (non-hydrogen) atoms. The lowest BCUT2D eigenvalue weighted by Crippen LogP contribution is -2.27. The minimum Gasteiger partial charge on any atom is -0.383 e. The number of hydrogen-bond acceptors (Lipinski definition) is 2. The van der Waals surface area contributed by atoms with Gasteiger partial charge in [0.15, 0.2) is 0 Å². The van der Waals surface area contributed by atoms with E-state index in [9.17, 15) is 0 Å². The van der Waals surface area contributed by atoms with Crippen molar-refractivity contribution in [2.24, 2.45) is 5.92 Å². The van der Waals surface area contributed by atoms with Crippen molar-refractivity contribution in [2.45, 2.75) is 12.8 Å². The van der Waals surface area contributed by atoms with Crippen molar-refractivity contribution >= 4 is 17.3 Å². The first-order valence-corrected chi connectivity index (χ1v) is 6.30. The van der Waals surface area contributed by atoms with E-state index in [2.05, 4.69) is 17.3 Å². The quantitative estimate of drug-likeness (QED) is 0.820. The van der Waals surface area contributed by atoms with Gasteiger partial charge in [0.1, 0.15) is 0 Å². The highest BCUT2D eigenvalue weighted by Gasteiger charge is 2.22. The maximum absolute atomic E-state index is 6.06. The summed E-state index contributed by atoms with van der Waals surface area (Å²) in [6, 6.07) is 7.88. The van der Waals surface area contributed by atoms with E-state index >= 15 is 0 Å². The first-order chi connectivity index (χ1) is 7.75. The predicted molar refractivity (Wildman–Crippen MR) is 70.2 cm³/mol. The van der Waals surface area contributed by atoms with Crippen molar-refractivity contribution in [2.75, 3.05) is 32.0 Å². The Kier molecular flexibility index (Phi) is 4.08. The first kappa shape index (κ1) is 11.7. The Morgan fingerprint density at radius 3 is 2.81 bits per heavy atom. The molecule has 2 nitrogen and oxygen atoms in total. The van der Waals surface area contributed by atoms with Gasteiger partial charge in [-0.25, -0.2) is 0 Å². The molecule has 1 N–H and O–H groups in total. The highest BCUT2D eigenvalue weighted by atomic mass is 35.5. The topological polar surface area (TPSA) is 15.3 Å². The van der Waals surface area contributed by atoms with Crippen LogP contribution in [0.2, 0.25) is 5.02 Å². The summed E-state index contributed by atoms with van der Waals surface area (Å²) in [5.41, 5.74) is 1.03. The van der Waals surface area contributed by atoms with Crippen molar-refractivity contribution in [3.05, 3.63) is 29.3 Å². The fourth-order valence-electron chi connectivity index (χ4n) is 1.82. The third kappa shape index (κ3) is 3.69. The summed E-state index contributed by atoms with van der Waals surface area (Å²) in [6.07, 6.45) is 2.84. The molecule has 2 rings (SSSR count). The van der Waals surface area contributed by atoms with E-state index in [4.69, 9.17) is 11.6 Å². The summed E-state index contributed by atoms with van der Waals surface area (Å²) < 4.78 is 0. The number of halogens is 1. The van der Waals surface area contributed by atoms with Crippen LogP contribution in [0.1, 0.15) is 12.8 Å². The lowest BCUT2D eigenvalue weighted by molar-refractivity contribution is 0.332. The van der Waals surface area contributed by atoms with Crippen LogP contribution in [0.4, 0.5) is 5.69 Å². The molecule has 0 radical (unpaired) electrons. The molecule has 0 bridgehead atoms. The Hall–Kier alpha value is -0.730. The molecular weight excluding hydrogens is 220 g/mol. The Labute approximate surface area is 103 Å². The van der Waals surface area contributed by atoms with Gasteiger partial charge in [-0.2, -0.15) is 0 Å². The van der Waals surface area contributed by atoms with E-state index in [1.165, 1.54) is 19.4 Å². The minimum absolute atomic E-state index is 0.798. The molecule has 1 aliphatic carbocycles.